The standard InChI is InChI=1S/C14H11ClN6O/c15-11-2-1-10(7-17-11)14(22)18-8-12-19-13(21-20-12)9-3-5-16-6-4-9/h1-7H,8H2,(H,18,22)(H,19,20,21). The van der Waals surface area contributed by atoms with E-state index in [-0.39, 0.29) is 12.5 Å². The number of nitrogens with one attached hydrogen (secondary N) is 2. The maximum atomic E-state index is 11.9. The molecule has 0 aliphatic rings. The first kappa shape index (κ1) is 14.2. The molecule has 3 aromatic heterocycles. The molecule has 0 aliphatic carbocycles. The highest BCUT2D eigenvalue weighted by Gasteiger charge is 2.09. The molecule has 7 nitrogen and oxygen atoms in total. The molecule has 0 aromatic carbocycles. The monoisotopic (exact) mass is 314 g/mol. The summed E-state index contributed by atoms with van der Waals surface area (Å²) in [6.45, 7) is 0.236. The predicted octanol–water partition coefficient (Wildman–Crippen LogP) is 1.85. The van der Waals surface area contributed by atoms with Crippen molar-refractivity contribution in [1.29, 1.82) is 0 Å². The number of rotatable bonds is 4. The largest absolute Gasteiger partial charge is 0.345 e. The van der Waals surface area contributed by atoms with Crippen LogP contribution in [0.2, 0.25) is 5.15 Å². The molecule has 0 aliphatic heterocycles. The third-order valence-electron chi connectivity index (χ3n) is 2.88. The molecule has 3 heterocycles. The van der Waals surface area contributed by atoms with Crippen molar-refractivity contribution in [3.63, 3.8) is 0 Å². The van der Waals surface area contributed by atoms with Gasteiger partial charge in [-0.15, -0.1) is 0 Å². The van der Waals surface area contributed by atoms with Crippen LogP contribution < -0.4 is 5.32 Å². The number of amides is 1. The first-order chi connectivity index (χ1) is 10.7. The number of aromatic nitrogens is 5. The second-order valence-electron chi connectivity index (χ2n) is 4.39. The minimum Gasteiger partial charge on any atom is -0.345 e. The van der Waals surface area contributed by atoms with Gasteiger partial charge in [-0.3, -0.25) is 14.9 Å². The van der Waals surface area contributed by atoms with E-state index >= 15 is 0 Å². The van der Waals surface area contributed by atoms with E-state index in [9.17, 15) is 4.79 Å². The van der Waals surface area contributed by atoms with E-state index in [4.69, 9.17) is 11.6 Å². The maximum absolute atomic E-state index is 11.9. The summed E-state index contributed by atoms with van der Waals surface area (Å²) >= 11 is 5.68. The molecule has 22 heavy (non-hydrogen) atoms. The number of nitrogens with zero attached hydrogens (tertiary/aromatic N) is 4. The van der Waals surface area contributed by atoms with Gasteiger partial charge in [0.2, 0.25) is 0 Å². The van der Waals surface area contributed by atoms with Crippen LogP contribution in [0.4, 0.5) is 0 Å². The lowest BCUT2D eigenvalue weighted by Gasteiger charge is -2.02. The quantitative estimate of drug-likeness (QED) is 0.716. The molecular formula is C14H11ClN6O. The molecule has 0 spiro atoms. The highest BCUT2D eigenvalue weighted by molar-refractivity contribution is 6.29. The van der Waals surface area contributed by atoms with Crippen molar-refractivity contribution in [3.8, 4) is 11.4 Å². The Balaban J connectivity index is 1.64. The van der Waals surface area contributed by atoms with Gasteiger partial charge in [0, 0.05) is 24.2 Å². The van der Waals surface area contributed by atoms with Gasteiger partial charge in [-0.25, -0.2) is 9.97 Å². The fourth-order valence-electron chi connectivity index (χ4n) is 1.78. The Kier molecular flexibility index (Phi) is 4.06. The van der Waals surface area contributed by atoms with Crippen molar-refractivity contribution < 1.29 is 4.79 Å². The topological polar surface area (TPSA) is 96.5 Å². The molecule has 8 heteroatoms. The molecule has 0 unspecified atom stereocenters. The van der Waals surface area contributed by atoms with Gasteiger partial charge in [-0.05, 0) is 24.3 Å². The Morgan fingerprint density at radius 1 is 1.23 bits per heavy atom. The summed E-state index contributed by atoms with van der Waals surface area (Å²) in [4.78, 5) is 24.1. The average molecular weight is 315 g/mol. The van der Waals surface area contributed by atoms with Crippen LogP contribution in [0.3, 0.4) is 0 Å². The van der Waals surface area contributed by atoms with Gasteiger partial charge in [0.05, 0.1) is 12.1 Å². The molecule has 2 N–H and O–H groups in total. The first-order valence-electron chi connectivity index (χ1n) is 6.44. The molecule has 0 saturated heterocycles. The number of hydrogen-bond acceptors (Lipinski definition) is 5. The van der Waals surface area contributed by atoms with Crippen LogP contribution in [0.15, 0.2) is 42.9 Å². The van der Waals surface area contributed by atoms with Gasteiger partial charge in [-0.2, -0.15) is 5.10 Å². The van der Waals surface area contributed by atoms with E-state index in [1.54, 1.807) is 24.5 Å². The van der Waals surface area contributed by atoms with Crippen molar-refractivity contribution >= 4 is 17.5 Å². The second kappa shape index (κ2) is 6.31. The van der Waals surface area contributed by atoms with Crippen LogP contribution in [-0.4, -0.2) is 31.1 Å². The molecule has 110 valence electrons. The van der Waals surface area contributed by atoms with E-state index in [0.717, 1.165) is 5.56 Å². The Hall–Kier alpha value is -2.80. The summed E-state index contributed by atoms with van der Waals surface area (Å²) in [5.41, 5.74) is 1.28. The molecule has 0 atom stereocenters. The van der Waals surface area contributed by atoms with Crippen molar-refractivity contribution in [2.75, 3.05) is 0 Å². The molecule has 0 bridgehead atoms. The summed E-state index contributed by atoms with van der Waals surface area (Å²) < 4.78 is 0. The summed E-state index contributed by atoms with van der Waals surface area (Å²) in [6.07, 6.45) is 4.75. The predicted molar refractivity (Wildman–Crippen MR) is 80.0 cm³/mol. The lowest BCUT2D eigenvalue weighted by Crippen LogP contribution is -2.23. The van der Waals surface area contributed by atoms with Crippen molar-refractivity contribution in [1.82, 2.24) is 30.5 Å². The van der Waals surface area contributed by atoms with Crippen LogP contribution in [0, 0.1) is 0 Å². The van der Waals surface area contributed by atoms with E-state index < -0.39 is 0 Å². The minimum absolute atomic E-state index is 0.236. The van der Waals surface area contributed by atoms with Crippen LogP contribution in [0.5, 0.6) is 0 Å². The van der Waals surface area contributed by atoms with Gasteiger partial charge >= 0.3 is 0 Å². The van der Waals surface area contributed by atoms with Gasteiger partial charge in [-0.1, -0.05) is 11.6 Å². The highest BCUT2D eigenvalue weighted by Crippen LogP contribution is 2.12. The van der Waals surface area contributed by atoms with E-state index in [1.165, 1.54) is 6.20 Å². The molecule has 3 aromatic rings. The maximum Gasteiger partial charge on any atom is 0.253 e. The van der Waals surface area contributed by atoms with E-state index in [0.29, 0.717) is 22.4 Å². The third kappa shape index (κ3) is 3.26. The summed E-state index contributed by atoms with van der Waals surface area (Å²) in [7, 11) is 0. The van der Waals surface area contributed by atoms with Crippen LogP contribution in [0.25, 0.3) is 11.4 Å². The number of carbonyl (C=O) groups excluding carboxylic acids is 1. The zero-order valence-electron chi connectivity index (χ0n) is 11.3. The van der Waals surface area contributed by atoms with Gasteiger partial charge in [0.1, 0.15) is 11.0 Å². The number of aromatic amines is 1. The van der Waals surface area contributed by atoms with Crippen LogP contribution >= 0.6 is 11.6 Å². The van der Waals surface area contributed by atoms with Gasteiger partial charge in [0.15, 0.2) is 5.82 Å². The number of halogens is 1. The first-order valence-corrected chi connectivity index (χ1v) is 6.81. The molecule has 3 rings (SSSR count). The fourth-order valence-corrected chi connectivity index (χ4v) is 1.89. The lowest BCUT2D eigenvalue weighted by molar-refractivity contribution is 0.0949. The number of H-pyrrole nitrogens is 1. The summed E-state index contributed by atoms with van der Waals surface area (Å²) in [5, 5.41) is 9.96. The molecular weight excluding hydrogens is 304 g/mol. The van der Waals surface area contributed by atoms with Crippen molar-refractivity contribution in [2.45, 2.75) is 6.54 Å². The Morgan fingerprint density at radius 2 is 2.05 bits per heavy atom. The SMILES string of the molecule is O=C(NCc1nc(-c2ccncc2)n[nH]1)c1ccc(Cl)nc1. The Labute approximate surface area is 130 Å². The summed E-state index contributed by atoms with van der Waals surface area (Å²) in [5.74, 6) is 0.855. The van der Waals surface area contributed by atoms with Crippen molar-refractivity contribution in [3.05, 3.63) is 59.4 Å². The zero-order valence-corrected chi connectivity index (χ0v) is 12.1. The highest BCUT2D eigenvalue weighted by atomic mass is 35.5. The van der Waals surface area contributed by atoms with E-state index in [1.807, 2.05) is 12.1 Å². The third-order valence-corrected chi connectivity index (χ3v) is 3.10. The van der Waals surface area contributed by atoms with Crippen molar-refractivity contribution in [2.24, 2.45) is 0 Å². The molecule has 0 radical (unpaired) electrons. The van der Waals surface area contributed by atoms with Gasteiger partial charge < -0.3 is 5.32 Å². The fraction of sp³-hybridized carbons (Fsp3) is 0.0714. The normalized spacial score (nSPS) is 10.4. The minimum atomic E-state index is -0.258. The Bertz CT molecular complexity index is 772. The van der Waals surface area contributed by atoms with E-state index in [2.05, 4.69) is 30.5 Å². The summed E-state index contributed by atoms with van der Waals surface area (Å²) in [6, 6.07) is 6.79. The average Bonchev–Trinajstić information content (AvgIpc) is 3.03. The van der Waals surface area contributed by atoms with Crippen LogP contribution in [0.1, 0.15) is 16.2 Å². The number of carbonyl (C=O) groups is 1. The van der Waals surface area contributed by atoms with Gasteiger partial charge in [0.25, 0.3) is 5.91 Å². The lowest BCUT2D eigenvalue weighted by atomic mass is 10.2. The second-order valence-corrected chi connectivity index (χ2v) is 4.78. The molecule has 0 saturated carbocycles. The molecule has 1 amide bonds. The number of pyridine rings is 2. The number of hydrogen-bond donors (Lipinski definition) is 2. The van der Waals surface area contributed by atoms with Crippen LogP contribution in [-0.2, 0) is 6.54 Å². The molecule has 0 fully saturated rings. The smallest absolute Gasteiger partial charge is 0.253 e. The Morgan fingerprint density at radius 3 is 2.77 bits per heavy atom. The zero-order chi connectivity index (χ0) is 15.4.